The molecule has 16 heavy (non-hydrogen) atoms. The lowest BCUT2D eigenvalue weighted by molar-refractivity contribution is -0.142. The fourth-order valence-electron chi connectivity index (χ4n) is 1.94. The average molecular weight is 241 g/mol. The largest absolute Gasteiger partial charge is 0.467 e. The zero-order chi connectivity index (χ0) is 11.5. The minimum absolute atomic E-state index is 0.174. The van der Waals surface area contributed by atoms with Gasteiger partial charge in [-0.25, -0.2) is 4.79 Å². The summed E-state index contributed by atoms with van der Waals surface area (Å²) in [6.07, 6.45) is 2.99. The van der Waals surface area contributed by atoms with Gasteiger partial charge in [0.05, 0.1) is 7.11 Å². The van der Waals surface area contributed by atoms with Crippen molar-refractivity contribution in [2.75, 3.05) is 18.6 Å². The van der Waals surface area contributed by atoms with E-state index < -0.39 is 0 Å². The van der Waals surface area contributed by atoms with Gasteiger partial charge in [-0.05, 0) is 26.2 Å². The van der Waals surface area contributed by atoms with Crippen LogP contribution in [0.1, 0.15) is 24.3 Å². The van der Waals surface area contributed by atoms with Gasteiger partial charge in [-0.1, -0.05) is 11.3 Å². The molecule has 1 fully saturated rings. The highest BCUT2D eigenvalue weighted by molar-refractivity contribution is 7.15. The van der Waals surface area contributed by atoms with Crippen molar-refractivity contribution < 1.29 is 9.53 Å². The number of piperidine rings is 1. The number of aromatic nitrogens is 2. The minimum Gasteiger partial charge on any atom is -0.467 e. The van der Waals surface area contributed by atoms with Crippen molar-refractivity contribution in [1.82, 2.24) is 10.2 Å². The molecule has 2 rings (SSSR count). The predicted octanol–water partition coefficient (Wildman–Crippen LogP) is 1.38. The molecule has 0 aromatic carbocycles. The lowest BCUT2D eigenvalue weighted by atomic mass is 10.0. The highest BCUT2D eigenvalue weighted by atomic mass is 32.1. The lowest BCUT2D eigenvalue weighted by Gasteiger charge is -2.32. The third-order valence-corrected chi connectivity index (χ3v) is 3.61. The second-order valence-electron chi connectivity index (χ2n) is 3.83. The molecule has 1 saturated heterocycles. The van der Waals surface area contributed by atoms with Gasteiger partial charge in [0.15, 0.2) is 0 Å². The van der Waals surface area contributed by atoms with Gasteiger partial charge in [0.2, 0.25) is 5.13 Å². The van der Waals surface area contributed by atoms with Crippen molar-refractivity contribution in [2.24, 2.45) is 0 Å². The number of nitrogens with zero attached hydrogens (tertiary/aromatic N) is 3. The number of aryl methyl sites for hydroxylation is 1. The number of ether oxygens (including phenoxy) is 1. The highest BCUT2D eigenvalue weighted by Gasteiger charge is 2.31. The topological polar surface area (TPSA) is 55.3 Å². The van der Waals surface area contributed by atoms with Crippen LogP contribution in [0.2, 0.25) is 0 Å². The summed E-state index contributed by atoms with van der Waals surface area (Å²) in [6.45, 7) is 2.77. The van der Waals surface area contributed by atoms with Crippen molar-refractivity contribution in [3.05, 3.63) is 5.01 Å². The fourth-order valence-corrected chi connectivity index (χ4v) is 2.71. The third kappa shape index (κ3) is 2.16. The van der Waals surface area contributed by atoms with E-state index >= 15 is 0 Å². The molecule has 1 aromatic heterocycles. The van der Waals surface area contributed by atoms with Gasteiger partial charge in [-0.3, -0.25) is 0 Å². The molecule has 0 radical (unpaired) electrons. The Morgan fingerprint density at radius 2 is 2.31 bits per heavy atom. The van der Waals surface area contributed by atoms with Crippen LogP contribution in [-0.4, -0.2) is 35.9 Å². The van der Waals surface area contributed by atoms with E-state index in [1.807, 2.05) is 11.8 Å². The van der Waals surface area contributed by atoms with E-state index in [1.54, 1.807) is 0 Å². The second-order valence-corrected chi connectivity index (χ2v) is 4.99. The lowest BCUT2D eigenvalue weighted by Crippen LogP contribution is -2.45. The van der Waals surface area contributed by atoms with Crippen molar-refractivity contribution in [2.45, 2.75) is 32.2 Å². The Hall–Kier alpha value is -1.17. The number of hydrogen-bond acceptors (Lipinski definition) is 6. The van der Waals surface area contributed by atoms with E-state index in [9.17, 15) is 4.79 Å². The standard InChI is InChI=1S/C10H15N3O2S/c1-7-11-12-10(16-7)13-6-4-3-5-8(13)9(14)15-2/h8H,3-6H2,1-2H3. The van der Waals surface area contributed by atoms with Crippen molar-refractivity contribution in [3.63, 3.8) is 0 Å². The number of methoxy groups -OCH3 is 1. The van der Waals surface area contributed by atoms with Gasteiger partial charge in [-0.2, -0.15) is 0 Å². The molecule has 1 unspecified atom stereocenters. The number of carbonyl (C=O) groups excluding carboxylic acids is 1. The molecule has 1 atom stereocenters. The van der Waals surface area contributed by atoms with Crippen molar-refractivity contribution >= 4 is 22.4 Å². The van der Waals surface area contributed by atoms with Gasteiger partial charge < -0.3 is 9.64 Å². The molecule has 0 aliphatic carbocycles. The van der Waals surface area contributed by atoms with Crippen LogP contribution in [0.3, 0.4) is 0 Å². The van der Waals surface area contributed by atoms with Crippen LogP contribution >= 0.6 is 11.3 Å². The van der Waals surface area contributed by atoms with Gasteiger partial charge in [0.1, 0.15) is 11.0 Å². The summed E-state index contributed by atoms with van der Waals surface area (Å²) >= 11 is 1.52. The van der Waals surface area contributed by atoms with Gasteiger partial charge >= 0.3 is 5.97 Å². The molecule has 1 aliphatic rings. The Morgan fingerprint density at radius 1 is 1.50 bits per heavy atom. The molecule has 0 saturated carbocycles. The normalized spacial score (nSPS) is 20.9. The van der Waals surface area contributed by atoms with Crippen LogP contribution in [0.15, 0.2) is 0 Å². The number of anilines is 1. The van der Waals surface area contributed by atoms with Crippen molar-refractivity contribution in [3.8, 4) is 0 Å². The zero-order valence-electron chi connectivity index (χ0n) is 9.47. The molecule has 2 heterocycles. The molecule has 0 amide bonds. The van der Waals surface area contributed by atoms with E-state index in [0.717, 1.165) is 35.9 Å². The molecular formula is C10H15N3O2S. The number of carbonyl (C=O) groups is 1. The molecule has 5 nitrogen and oxygen atoms in total. The van der Waals surface area contributed by atoms with Gasteiger partial charge in [-0.15, -0.1) is 10.2 Å². The summed E-state index contributed by atoms with van der Waals surface area (Å²) in [7, 11) is 1.43. The highest BCUT2D eigenvalue weighted by Crippen LogP contribution is 2.27. The van der Waals surface area contributed by atoms with E-state index in [0.29, 0.717) is 0 Å². The Morgan fingerprint density at radius 3 is 2.94 bits per heavy atom. The molecule has 0 spiro atoms. The number of hydrogen-bond donors (Lipinski definition) is 0. The third-order valence-electron chi connectivity index (χ3n) is 2.74. The molecule has 6 heteroatoms. The van der Waals surface area contributed by atoms with Crippen LogP contribution in [0.5, 0.6) is 0 Å². The number of esters is 1. The maximum absolute atomic E-state index is 11.6. The second kappa shape index (κ2) is 4.78. The monoisotopic (exact) mass is 241 g/mol. The maximum atomic E-state index is 11.6. The first-order valence-electron chi connectivity index (χ1n) is 5.37. The maximum Gasteiger partial charge on any atom is 0.328 e. The first kappa shape index (κ1) is 11.3. The Kier molecular flexibility index (Phi) is 3.38. The SMILES string of the molecule is COC(=O)C1CCCCN1c1nnc(C)s1. The Bertz CT molecular complexity index is 380. The summed E-state index contributed by atoms with van der Waals surface area (Å²) < 4.78 is 4.82. The van der Waals surface area contributed by atoms with E-state index in [4.69, 9.17) is 4.74 Å². The summed E-state index contributed by atoms with van der Waals surface area (Å²) in [5, 5.41) is 9.83. The zero-order valence-corrected chi connectivity index (χ0v) is 10.3. The Balaban J connectivity index is 2.19. The average Bonchev–Trinajstić information content (AvgIpc) is 2.75. The smallest absolute Gasteiger partial charge is 0.328 e. The molecular weight excluding hydrogens is 226 g/mol. The fraction of sp³-hybridized carbons (Fsp3) is 0.700. The van der Waals surface area contributed by atoms with Crippen LogP contribution in [-0.2, 0) is 9.53 Å². The van der Waals surface area contributed by atoms with Gasteiger partial charge in [0, 0.05) is 6.54 Å². The van der Waals surface area contributed by atoms with Crippen molar-refractivity contribution in [1.29, 1.82) is 0 Å². The summed E-state index contributed by atoms with van der Waals surface area (Å²) in [4.78, 5) is 13.7. The summed E-state index contributed by atoms with van der Waals surface area (Å²) in [6, 6.07) is -0.189. The number of rotatable bonds is 2. The molecule has 1 aromatic rings. The Labute approximate surface area is 98.4 Å². The quantitative estimate of drug-likeness (QED) is 0.732. The molecule has 0 bridgehead atoms. The van der Waals surface area contributed by atoms with Crippen LogP contribution in [0.4, 0.5) is 5.13 Å². The minimum atomic E-state index is -0.189. The van der Waals surface area contributed by atoms with Crippen LogP contribution in [0, 0.1) is 6.92 Å². The molecule has 88 valence electrons. The van der Waals surface area contributed by atoms with E-state index in [-0.39, 0.29) is 12.0 Å². The predicted molar refractivity (Wildman–Crippen MR) is 61.6 cm³/mol. The summed E-state index contributed by atoms with van der Waals surface area (Å²) in [5.41, 5.74) is 0. The first-order chi connectivity index (χ1) is 7.72. The van der Waals surface area contributed by atoms with E-state index in [2.05, 4.69) is 10.2 Å². The van der Waals surface area contributed by atoms with E-state index in [1.165, 1.54) is 18.4 Å². The molecule has 1 aliphatic heterocycles. The molecule has 0 N–H and O–H groups in total. The van der Waals surface area contributed by atoms with Crippen LogP contribution in [0.25, 0.3) is 0 Å². The van der Waals surface area contributed by atoms with Gasteiger partial charge in [0.25, 0.3) is 0 Å². The summed E-state index contributed by atoms with van der Waals surface area (Å²) in [5.74, 6) is -0.174. The van der Waals surface area contributed by atoms with Crippen LogP contribution < -0.4 is 4.90 Å². The first-order valence-corrected chi connectivity index (χ1v) is 6.18.